The van der Waals surface area contributed by atoms with Gasteiger partial charge in [0.1, 0.15) is 0 Å². The molecular formula is C5H7ClFO. The minimum absolute atomic E-state index is 0.0914. The largest absolute Gasteiger partial charge is 0.378 e. The van der Waals surface area contributed by atoms with Crippen LogP contribution in [-0.4, -0.2) is 18.6 Å². The minimum Gasteiger partial charge on any atom is -0.378 e. The summed E-state index contributed by atoms with van der Waals surface area (Å²) < 4.78 is 17.0. The summed E-state index contributed by atoms with van der Waals surface area (Å²) in [6.07, 6.45) is 0.367. The Bertz CT molecular complexity index is 68.8. The van der Waals surface area contributed by atoms with E-state index in [9.17, 15) is 4.39 Å². The molecule has 1 fully saturated rings. The zero-order valence-electron chi connectivity index (χ0n) is 4.36. The topological polar surface area (TPSA) is 9.23 Å². The second-order valence-electron chi connectivity index (χ2n) is 1.76. The molecule has 1 aliphatic heterocycles. The van der Waals surface area contributed by atoms with Crippen LogP contribution in [-0.2, 0) is 4.74 Å². The summed E-state index contributed by atoms with van der Waals surface area (Å²) in [4.78, 5) is 0. The molecular weight excluding hydrogens is 131 g/mol. The van der Waals surface area contributed by atoms with Gasteiger partial charge < -0.3 is 4.74 Å². The van der Waals surface area contributed by atoms with Crippen molar-refractivity contribution in [1.82, 2.24) is 0 Å². The molecule has 1 heterocycles. The van der Waals surface area contributed by atoms with Crippen LogP contribution in [0.1, 0.15) is 6.42 Å². The summed E-state index contributed by atoms with van der Waals surface area (Å²) >= 11 is 5.48. The first kappa shape index (κ1) is 6.30. The maximum absolute atomic E-state index is 12.2. The van der Waals surface area contributed by atoms with E-state index in [1.807, 2.05) is 0 Å². The van der Waals surface area contributed by atoms with Crippen LogP contribution in [0.3, 0.4) is 0 Å². The van der Waals surface area contributed by atoms with E-state index in [2.05, 4.69) is 0 Å². The molecule has 1 atom stereocenters. The van der Waals surface area contributed by atoms with E-state index in [0.29, 0.717) is 13.0 Å². The van der Waals surface area contributed by atoms with Gasteiger partial charge in [0.2, 0.25) is 0 Å². The first-order valence-corrected chi connectivity index (χ1v) is 2.97. The second kappa shape index (κ2) is 2.65. The van der Waals surface area contributed by atoms with Crippen molar-refractivity contribution >= 4 is 11.6 Å². The molecule has 1 unspecified atom stereocenters. The third-order valence-corrected chi connectivity index (χ3v) is 1.55. The molecule has 0 aliphatic carbocycles. The van der Waals surface area contributed by atoms with Crippen LogP contribution in [0.5, 0.6) is 0 Å². The Morgan fingerprint density at radius 3 is 2.88 bits per heavy atom. The van der Waals surface area contributed by atoms with Crippen molar-refractivity contribution in [1.29, 1.82) is 0 Å². The van der Waals surface area contributed by atoms with Crippen molar-refractivity contribution in [2.24, 2.45) is 0 Å². The standard InChI is InChI=1S/C5H7ClFO/c6-4-1-2-8-3-5(4)7/h4H,1-3H2. The lowest BCUT2D eigenvalue weighted by Crippen LogP contribution is -2.22. The van der Waals surface area contributed by atoms with Gasteiger partial charge in [0.05, 0.1) is 12.0 Å². The van der Waals surface area contributed by atoms with Gasteiger partial charge in [0, 0.05) is 6.61 Å². The Hall–Kier alpha value is 0.180. The minimum atomic E-state index is -0.399. The second-order valence-corrected chi connectivity index (χ2v) is 2.28. The molecule has 1 radical (unpaired) electrons. The van der Waals surface area contributed by atoms with Gasteiger partial charge in [0.15, 0.2) is 6.17 Å². The Morgan fingerprint density at radius 2 is 2.50 bits per heavy atom. The first-order valence-electron chi connectivity index (χ1n) is 2.54. The van der Waals surface area contributed by atoms with Gasteiger partial charge in [-0.2, -0.15) is 0 Å². The van der Waals surface area contributed by atoms with Crippen LogP contribution in [0.4, 0.5) is 4.39 Å². The van der Waals surface area contributed by atoms with E-state index in [4.69, 9.17) is 16.3 Å². The van der Waals surface area contributed by atoms with Crippen LogP contribution in [0, 0.1) is 6.17 Å². The highest BCUT2D eigenvalue weighted by Gasteiger charge is 2.23. The maximum Gasteiger partial charge on any atom is 0.187 e. The van der Waals surface area contributed by atoms with Crippen LogP contribution in [0.15, 0.2) is 0 Å². The van der Waals surface area contributed by atoms with Gasteiger partial charge in [-0.1, -0.05) is 0 Å². The Labute approximate surface area is 52.8 Å². The molecule has 1 nitrogen and oxygen atoms in total. The Morgan fingerprint density at radius 1 is 1.75 bits per heavy atom. The molecule has 0 bridgehead atoms. The Kier molecular flexibility index (Phi) is 2.08. The van der Waals surface area contributed by atoms with E-state index in [1.54, 1.807) is 0 Å². The number of halogens is 2. The summed E-state index contributed by atoms with van der Waals surface area (Å²) in [5.74, 6) is 0. The molecule has 0 aromatic rings. The SMILES string of the molecule is F[C]1COCCC1Cl. The van der Waals surface area contributed by atoms with E-state index in [-0.39, 0.29) is 12.8 Å². The van der Waals surface area contributed by atoms with Gasteiger partial charge in [-0.25, -0.2) is 4.39 Å². The van der Waals surface area contributed by atoms with Crippen molar-refractivity contribution in [3.05, 3.63) is 6.17 Å². The molecule has 0 amide bonds. The molecule has 0 aromatic heterocycles. The zero-order chi connectivity index (χ0) is 5.98. The number of hydrogen-bond donors (Lipinski definition) is 0. The van der Waals surface area contributed by atoms with Gasteiger partial charge in [-0.3, -0.25) is 0 Å². The summed E-state index contributed by atoms with van der Waals surface area (Å²) in [6, 6.07) is 0. The molecule has 0 aromatic carbocycles. The van der Waals surface area contributed by atoms with E-state index in [0.717, 1.165) is 0 Å². The van der Waals surface area contributed by atoms with Gasteiger partial charge >= 0.3 is 0 Å². The first-order chi connectivity index (χ1) is 3.80. The fourth-order valence-corrected chi connectivity index (χ4v) is 0.756. The maximum atomic E-state index is 12.2. The summed E-state index contributed by atoms with van der Waals surface area (Å²) in [6.45, 7) is 0.676. The predicted octanol–water partition coefficient (Wildman–Crippen LogP) is 1.52. The van der Waals surface area contributed by atoms with Crippen molar-refractivity contribution in [3.63, 3.8) is 0 Å². The van der Waals surface area contributed by atoms with Crippen molar-refractivity contribution in [2.45, 2.75) is 11.8 Å². The lowest BCUT2D eigenvalue weighted by atomic mass is 10.2. The third-order valence-electron chi connectivity index (χ3n) is 1.10. The lowest BCUT2D eigenvalue weighted by molar-refractivity contribution is 0.0841. The van der Waals surface area contributed by atoms with Crippen molar-refractivity contribution in [2.75, 3.05) is 13.2 Å². The van der Waals surface area contributed by atoms with Crippen LogP contribution < -0.4 is 0 Å². The molecule has 3 heteroatoms. The fourth-order valence-electron chi connectivity index (χ4n) is 0.604. The normalized spacial score (nSPS) is 33.0. The van der Waals surface area contributed by atoms with Gasteiger partial charge in [-0.05, 0) is 6.42 Å². The number of ether oxygens (including phenoxy) is 1. The molecule has 8 heavy (non-hydrogen) atoms. The van der Waals surface area contributed by atoms with E-state index in [1.165, 1.54) is 0 Å². The van der Waals surface area contributed by atoms with Gasteiger partial charge in [0.25, 0.3) is 0 Å². The highest BCUT2D eigenvalue weighted by Crippen LogP contribution is 2.22. The molecule has 47 valence electrons. The van der Waals surface area contributed by atoms with Crippen molar-refractivity contribution in [3.8, 4) is 0 Å². The lowest BCUT2D eigenvalue weighted by Gasteiger charge is -2.18. The van der Waals surface area contributed by atoms with Crippen LogP contribution >= 0.6 is 11.6 Å². The average Bonchev–Trinajstić information content (AvgIpc) is 1.77. The molecule has 0 spiro atoms. The van der Waals surface area contributed by atoms with Gasteiger partial charge in [-0.15, -0.1) is 11.6 Å². The zero-order valence-corrected chi connectivity index (χ0v) is 5.12. The van der Waals surface area contributed by atoms with Crippen molar-refractivity contribution < 1.29 is 9.13 Å². The summed E-state index contributed by atoms with van der Waals surface area (Å²) in [5, 5.41) is -0.399. The molecule has 1 saturated heterocycles. The van der Waals surface area contributed by atoms with E-state index < -0.39 is 5.38 Å². The summed E-state index contributed by atoms with van der Waals surface area (Å²) in [5.41, 5.74) is 0. The van der Waals surface area contributed by atoms with E-state index >= 15 is 0 Å². The number of hydrogen-bond acceptors (Lipinski definition) is 1. The molecule has 1 aliphatic rings. The average molecular weight is 138 g/mol. The quantitative estimate of drug-likeness (QED) is 0.460. The summed E-state index contributed by atoms with van der Waals surface area (Å²) in [7, 11) is 0. The van der Waals surface area contributed by atoms with Crippen LogP contribution in [0.25, 0.3) is 0 Å². The Balaban J connectivity index is 2.28. The smallest absolute Gasteiger partial charge is 0.187 e. The highest BCUT2D eigenvalue weighted by atomic mass is 35.5. The predicted molar refractivity (Wildman–Crippen MR) is 29.4 cm³/mol. The van der Waals surface area contributed by atoms with Crippen LogP contribution in [0.2, 0.25) is 0 Å². The fraction of sp³-hybridized carbons (Fsp3) is 0.800. The monoisotopic (exact) mass is 137 g/mol. The third kappa shape index (κ3) is 1.33. The molecule has 0 saturated carbocycles. The molecule has 0 N–H and O–H groups in total. The highest BCUT2D eigenvalue weighted by molar-refractivity contribution is 6.21. The number of alkyl halides is 1. The number of rotatable bonds is 0. The molecule has 1 rings (SSSR count).